The van der Waals surface area contributed by atoms with E-state index in [1.54, 1.807) is 13.0 Å². The average Bonchev–Trinajstić information content (AvgIpc) is 2.92. The Morgan fingerprint density at radius 1 is 0.757 bits per heavy atom. The Hall–Kier alpha value is -1.32. The maximum Gasteiger partial charge on any atom is 0.267 e. The van der Waals surface area contributed by atoms with Gasteiger partial charge in [0.1, 0.15) is 5.82 Å². The van der Waals surface area contributed by atoms with Crippen LogP contribution in [0.2, 0.25) is 0 Å². The van der Waals surface area contributed by atoms with Crippen molar-refractivity contribution in [1.82, 2.24) is 0 Å². The largest absolute Gasteiger partial charge is 0.294 e. The molecule has 0 atom stereocenters. The standard InChI is InChI=1S/C33H49F3O/c1-3-5-22-6-11-24(12-7-22)26-16-18-27(19-17-26)25-13-8-23(9-14-25)10-15-28-20-21-29(30(37)4-2)31(32(28)34)33(35)36/h20-27,33H,3-19H2,1-2H3. The molecule has 0 spiro atoms. The molecule has 0 heterocycles. The van der Waals surface area contributed by atoms with Crippen molar-refractivity contribution in [3.05, 3.63) is 34.6 Å². The van der Waals surface area contributed by atoms with Crippen molar-refractivity contribution in [1.29, 1.82) is 0 Å². The van der Waals surface area contributed by atoms with Crippen LogP contribution in [0.4, 0.5) is 13.2 Å². The lowest BCUT2D eigenvalue weighted by Crippen LogP contribution is -2.29. The second-order valence-corrected chi connectivity index (χ2v) is 12.6. The highest BCUT2D eigenvalue weighted by Crippen LogP contribution is 2.46. The van der Waals surface area contributed by atoms with Gasteiger partial charge in [0.25, 0.3) is 6.43 Å². The maximum absolute atomic E-state index is 14.9. The van der Waals surface area contributed by atoms with Crippen LogP contribution in [0.25, 0.3) is 0 Å². The summed E-state index contributed by atoms with van der Waals surface area (Å²) in [5, 5.41) is 0. The minimum absolute atomic E-state index is 0.101. The fraction of sp³-hybridized carbons (Fsp3) is 0.788. The van der Waals surface area contributed by atoms with Crippen molar-refractivity contribution in [3.8, 4) is 0 Å². The quantitative estimate of drug-likeness (QED) is 0.282. The second-order valence-electron chi connectivity index (χ2n) is 12.6. The summed E-state index contributed by atoms with van der Waals surface area (Å²) >= 11 is 0. The van der Waals surface area contributed by atoms with Gasteiger partial charge in [0.2, 0.25) is 0 Å². The molecule has 3 saturated carbocycles. The molecule has 1 nitrogen and oxygen atoms in total. The molecule has 3 fully saturated rings. The van der Waals surface area contributed by atoms with Crippen LogP contribution in [0.5, 0.6) is 0 Å². The summed E-state index contributed by atoms with van der Waals surface area (Å²) < 4.78 is 42.0. The van der Waals surface area contributed by atoms with Crippen LogP contribution < -0.4 is 0 Å². The lowest BCUT2D eigenvalue weighted by molar-refractivity contribution is 0.0970. The molecule has 0 N–H and O–H groups in total. The molecule has 3 aliphatic carbocycles. The third kappa shape index (κ3) is 7.21. The van der Waals surface area contributed by atoms with Crippen LogP contribution in [0, 0.1) is 41.3 Å². The first kappa shape index (κ1) is 28.7. The van der Waals surface area contributed by atoms with Crippen molar-refractivity contribution in [2.24, 2.45) is 35.5 Å². The molecule has 4 heteroatoms. The monoisotopic (exact) mass is 518 g/mol. The number of aryl methyl sites for hydroxylation is 1. The van der Waals surface area contributed by atoms with Crippen LogP contribution in [-0.4, -0.2) is 5.78 Å². The average molecular weight is 519 g/mol. The topological polar surface area (TPSA) is 17.1 Å². The number of alkyl halides is 2. The molecule has 1 aromatic rings. The number of carbonyl (C=O) groups is 1. The predicted octanol–water partition coefficient (Wildman–Crippen LogP) is 10.5. The van der Waals surface area contributed by atoms with E-state index in [1.807, 2.05) is 0 Å². The van der Waals surface area contributed by atoms with E-state index in [-0.39, 0.29) is 12.0 Å². The molecule has 0 saturated heterocycles. The van der Waals surface area contributed by atoms with Crippen molar-refractivity contribution < 1.29 is 18.0 Å². The second kappa shape index (κ2) is 13.7. The minimum Gasteiger partial charge on any atom is -0.294 e. The molecule has 0 aliphatic heterocycles. The number of carbonyl (C=O) groups excluding carboxylic acids is 1. The van der Waals surface area contributed by atoms with Gasteiger partial charge in [0, 0.05) is 12.0 Å². The third-order valence-electron chi connectivity index (χ3n) is 10.6. The highest BCUT2D eigenvalue weighted by atomic mass is 19.3. The zero-order chi connectivity index (χ0) is 26.4. The number of hydrogen-bond donors (Lipinski definition) is 0. The molecule has 208 valence electrons. The summed E-state index contributed by atoms with van der Waals surface area (Å²) in [6, 6.07) is 2.97. The first-order chi connectivity index (χ1) is 17.9. The van der Waals surface area contributed by atoms with E-state index >= 15 is 0 Å². The molecule has 0 radical (unpaired) electrons. The molecule has 0 bridgehead atoms. The molecule has 0 amide bonds. The van der Waals surface area contributed by atoms with Crippen molar-refractivity contribution >= 4 is 5.78 Å². The highest BCUT2D eigenvalue weighted by Gasteiger charge is 2.34. The Labute approximate surface area is 223 Å². The van der Waals surface area contributed by atoms with Crippen LogP contribution in [0.1, 0.15) is 144 Å². The minimum atomic E-state index is -2.97. The molecule has 0 aromatic heterocycles. The number of hydrogen-bond acceptors (Lipinski definition) is 1. The zero-order valence-electron chi connectivity index (χ0n) is 23.3. The van der Waals surface area contributed by atoms with E-state index in [1.165, 1.54) is 96.0 Å². The molecule has 3 aliphatic rings. The molecular formula is C33H49F3O. The molecule has 1 aromatic carbocycles. The first-order valence-electron chi connectivity index (χ1n) is 15.5. The van der Waals surface area contributed by atoms with E-state index in [0.29, 0.717) is 17.9 Å². The van der Waals surface area contributed by atoms with Gasteiger partial charge in [-0.3, -0.25) is 4.79 Å². The molecular weight excluding hydrogens is 469 g/mol. The summed E-state index contributed by atoms with van der Waals surface area (Å²) in [4.78, 5) is 12.0. The summed E-state index contributed by atoms with van der Waals surface area (Å²) in [7, 11) is 0. The van der Waals surface area contributed by atoms with Crippen LogP contribution >= 0.6 is 0 Å². The van der Waals surface area contributed by atoms with Crippen LogP contribution in [0.15, 0.2) is 12.1 Å². The van der Waals surface area contributed by atoms with Gasteiger partial charge in [-0.15, -0.1) is 0 Å². The Morgan fingerprint density at radius 3 is 1.65 bits per heavy atom. The van der Waals surface area contributed by atoms with Crippen molar-refractivity contribution in [3.63, 3.8) is 0 Å². The summed E-state index contributed by atoms with van der Waals surface area (Å²) in [6.07, 6.45) is 17.7. The zero-order valence-corrected chi connectivity index (χ0v) is 23.3. The lowest BCUT2D eigenvalue weighted by atomic mass is 9.64. The van der Waals surface area contributed by atoms with Crippen LogP contribution in [-0.2, 0) is 6.42 Å². The first-order valence-corrected chi connectivity index (χ1v) is 15.5. The summed E-state index contributed by atoms with van der Waals surface area (Å²) in [5.41, 5.74) is -0.511. The number of ketones is 1. The normalized spacial score (nSPS) is 31.0. The van der Waals surface area contributed by atoms with Gasteiger partial charge >= 0.3 is 0 Å². The van der Waals surface area contributed by atoms with E-state index < -0.39 is 23.6 Å². The Kier molecular flexibility index (Phi) is 10.6. The van der Waals surface area contributed by atoms with Crippen molar-refractivity contribution in [2.75, 3.05) is 0 Å². The van der Waals surface area contributed by atoms with Crippen LogP contribution in [0.3, 0.4) is 0 Å². The number of rotatable bonds is 10. The van der Waals surface area contributed by atoms with Gasteiger partial charge in [-0.2, -0.15) is 0 Å². The molecule has 4 rings (SSSR count). The summed E-state index contributed by atoms with van der Waals surface area (Å²) in [5.74, 6) is 3.97. The Morgan fingerprint density at radius 2 is 1.22 bits per heavy atom. The Bertz CT molecular complexity index is 857. The highest BCUT2D eigenvalue weighted by molar-refractivity contribution is 5.97. The third-order valence-corrected chi connectivity index (χ3v) is 10.6. The van der Waals surface area contributed by atoms with Gasteiger partial charge < -0.3 is 0 Å². The summed E-state index contributed by atoms with van der Waals surface area (Å²) in [6.45, 7) is 3.94. The smallest absolute Gasteiger partial charge is 0.267 e. The van der Waals surface area contributed by atoms with E-state index in [9.17, 15) is 18.0 Å². The Balaban J connectivity index is 1.20. The lowest BCUT2D eigenvalue weighted by Gasteiger charge is -2.41. The van der Waals surface area contributed by atoms with Gasteiger partial charge in [-0.05, 0) is 105 Å². The van der Waals surface area contributed by atoms with Gasteiger partial charge in [-0.1, -0.05) is 64.5 Å². The number of benzene rings is 1. The SMILES string of the molecule is CCCC1CCC(C2CCC(C3CCC(CCc4ccc(C(=O)CC)c(C(F)F)c4F)CC3)CC2)CC1. The van der Waals surface area contributed by atoms with Gasteiger partial charge in [0.05, 0.1) is 5.56 Å². The number of halogens is 3. The fourth-order valence-corrected chi connectivity index (χ4v) is 8.23. The molecule has 0 unspecified atom stereocenters. The molecule has 37 heavy (non-hydrogen) atoms. The maximum atomic E-state index is 14.9. The predicted molar refractivity (Wildman–Crippen MR) is 146 cm³/mol. The van der Waals surface area contributed by atoms with Gasteiger partial charge in [0.15, 0.2) is 5.78 Å². The van der Waals surface area contributed by atoms with Gasteiger partial charge in [-0.25, -0.2) is 13.2 Å². The fourth-order valence-electron chi connectivity index (χ4n) is 8.23. The van der Waals surface area contributed by atoms with Crippen molar-refractivity contribution in [2.45, 2.75) is 129 Å². The van der Waals surface area contributed by atoms with E-state index in [2.05, 4.69) is 6.92 Å². The van der Waals surface area contributed by atoms with E-state index in [4.69, 9.17) is 0 Å². The number of Topliss-reactive ketones (excluding diaryl/α,β-unsaturated/α-hetero) is 1. The van der Waals surface area contributed by atoms with E-state index in [0.717, 1.165) is 36.0 Å².